The average Bonchev–Trinajstić information content (AvgIpc) is 2.82. The molecule has 4 heteroatoms. The maximum atomic E-state index is 13.2. The smallest absolute Gasteiger partial charge is 0.152 e. The largest absolute Gasteiger partial charge is 0.549 e. The van der Waals surface area contributed by atoms with E-state index in [9.17, 15) is 19.5 Å². The molecule has 0 aromatic rings. The van der Waals surface area contributed by atoms with Crippen LogP contribution in [0.1, 0.15) is 168 Å². The van der Waals surface area contributed by atoms with Crippen LogP contribution in [0.3, 0.4) is 0 Å². The maximum absolute atomic E-state index is 13.2. The fraction of sp³-hybridized carbons (Fsp3) is 0.900. The zero-order valence-electron chi connectivity index (χ0n) is 22.9. The van der Waals surface area contributed by atoms with E-state index in [-0.39, 0.29) is 19.3 Å². The van der Waals surface area contributed by atoms with Crippen molar-refractivity contribution in [2.75, 3.05) is 0 Å². The Hall–Kier alpha value is -1.19. The summed E-state index contributed by atoms with van der Waals surface area (Å²) in [6.07, 6.45) is 21.3. The molecule has 0 saturated heterocycles. The summed E-state index contributed by atoms with van der Waals surface area (Å²) in [6, 6.07) is 0. The van der Waals surface area contributed by atoms with Crippen molar-refractivity contribution in [2.24, 2.45) is 5.41 Å². The van der Waals surface area contributed by atoms with Crippen LogP contribution in [0.25, 0.3) is 0 Å². The van der Waals surface area contributed by atoms with Gasteiger partial charge in [0, 0.05) is 12.8 Å². The summed E-state index contributed by atoms with van der Waals surface area (Å²) in [5, 5.41) is 12.3. The number of carboxylic acids is 1. The quantitative estimate of drug-likeness (QED) is 0.0933. The molecule has 0 N–H and O–H groups in total. The molecule has 4 nitrogen and oxygen atoms in total. The predicted octanol–water partition coefficient (Wildman–Crippen LogP) is 7.89. The molecule has 0 aliphatic carbocycles. The third-order valence-corrected chi connectivity index (χ3v) is 7.22. The molecule has 0 aliphatic rings. The molecule has 0 atom stereocenters. The molecule has 0 fully saturated rings. The standard InChI is InChI=1S/C30H56O4/c1-4-7-10-13-16-18-21-24-27(31)30(29(33)34,26-23-20-15-12-9-6-3)28(32)25-22-19-17-14-11-8-5-2/h4-26H2,1-3H3,(H,33,34)/p-1. The van der Waals surface area contributed by atoms with Crippen LogP contribution in [0.5, 0.6) is 0 Å². The average molecular weight is 480 g/mol. The Labute approximate surface area is 211 Å². The first-order valence-electron chi connectivity index (χ1n) is 14.7. The lowest BCUT2D eigenvalue weighted by Crippen LogP contribution is -2.53. The molecule has 0 unspecified atom stereocenters. The number of unbranched alkanes of at least 4 members (excludes halogenated alkanes) is 17. The second kappa shape index (κ2) is 22.3. The van der Waals surface area contributed by atoms with Gasteiger partial charge in [-0.3, -0.25) is 9.59 Å². The first-order valence-corrected chi connectivity index (χ1v) is 14.7. The monoisotopic (exact) mass is 479 g/mol. The zero-order valence-corrected chi connectivity index (χ0v) is 22.9. The molecule has 0 rings (SSSR count). The number of hydrogen-bond acceptors (Lipinski definition) is 4. The molecule has 0 aromatic heterocycles. The van der Waals surface area contributed by atoms with Gasteiger partial charge in [0.2, 0.25) is 0 Å². The van der Waals surface area contributed by atoms with Gasteiger partial charge < -0.3 is 9.90 Å². The number of Topliss-reactive ketones (excluding diaryl/α,β-unsaturated/α-hetero) is 2. The van der Waals surface area contributed by atoms with Gasteiger partial charge in [-0.05, 0) is 19.3 Å². The minimum atomic E-state index is -1.92. The van der Waals surface area contributed by atoms with Crippen molar-refractivity contribution in [3.05, 3.63) is 0 Å². The van der Waals surface area contributed by atoms with Gasteiger partial charge in [-0.25, -0.2) is 0 Å². The van der Waals surface area contributed by atoms with Crippen molar-refractivity contribution in [3.63, 3.8) is 0 Å². The van der Waals surface area contributed by atoms with E-state index < -0.39 is 23.0 Å². The second-order valence-electron chi connectivity index (χ2n) is 10.3. The first-order chi connectivity index (χ1) is 16.5. The van der Waals surface area contributed by atoms with Gasteiger partial charge in [-0.1, -0.05) is 136 Å². The lowest BCUT2D eigenvalue weighted by Gasteiger charge is -2.32. The SMILES string of the molecule is CCCCCCCCCC(=O)C(CCCCCCCC)(C(=O)[O-])C(=O)CCCCCCCCC. The minimum absolute atomic E-state index is 0.117. The van der Waals surface area contributed by atoms with Crippen molar-refractivity contribution < 1.29 is 19.5 Å². The van der Waals surface area contributed by atoms with Gasteiger partial charge in [-0.15, -0.1) is 0 Å². The van der Waals surface area contributed by atoms with E-state index in [1.54, 1.807) is 0 Å². The molecule has 34 heavy (non-hydrogen) atoms. The summed E-state index contributed by atoms with van der Waals surface area (Å²) in [5.74, 6) is -2.26. The summed E-state index contributed by atoms with van der Waals surface area (Å²) in [7, 11) is 0. The third kappa shape index (κ3) is 14.3. The number of rotatable bonds is 26. The van der Waals surface area contributed by atoms with Crippen molar-refractivity contribution in [3.8, 4) is 0 Å². The van der Waals surface area contributed by atoms with E-state index in [0.29, 0.717) is 19.3 Å². The van der Waals surface area contributed by atoms with Gasteiger partial charge in [0.15, 0.2) is 11.6 Å². The normalized spacial score (nSPS) is 11.6. The zero-order chi connectivity index (χ0) is 25.5. The fourth-order valence-corrected chi connectivity index (χ4v) is 4.85. The molecular formula is C30H55O4-. The van der Waals surface area contributed by atoms with E-state index in [0.717, 1.165) is 64.2 Å². The lowest BCUT2D eigenvalue weighted by atomic mass is 9.72. The summed E-state index contributed by atoms with van der Waals surface area (Å²) in [6.45, 7) is 6.53. The molecular weight excluding hydrogens is 424 g/mol. The van der Waals surface area contributed by atoms with E-state index >= 15 is 0 Å². The van der Waals surface area contributed by atoms with Crippen molar-refractivity contribution in [1.29, 1.82) is 0 Å². The molecule has 0 aromatic carbocycles. The van der Waals surface area contributed by atoms with Gasteiger partial charge in [-0.2, -0.15) is 0 Å². The van der Waals surface area contributed by atoms with Crippen LogP contribution in [-0.2, 0) is 14.4 Å². The Morgan fingerprint density at radius 2 is 0.765 bits per heavy atom. The number of carbonyl (C=O) groups is 3. The fourth-order valence-electron chi connectivity index (χ4n) is 4.85. The van der Waals surface area contributed by atoms with Crippen LogP contribution in [0.15, 0.2) is 0 Å². The van der Waals surface area contributed by atoms with Crippen LogP contribution in [-0.4, -0.2) is 17.5 Å². The van der Waals surface area contributed by atoms with Crippen LogP contribution in [0.2, 0.25) is 0 Å². The second-order valence-corrected chi connectivity index (χ2v) is 10.3. The highest BCUT2D eigenvalue weighted by molar-refractivity contribution is 6.21. The first kappa shape index (κ1) is 32.8. The van der Waals surface area contributed by atoms with Crippen molar-refractivity contribution >= 4 is 17.5 Å². The molecule has 0 bridgehead atoms. The lowest BCUT2D eigenvalue weighted by molar-refractivity contribution is -0.315. The Bertz CT molecular complexity index is 496. The molecule has 0 aliphatic heterocycles. The van der Waals surface area contributed by atoms with Crippen molar-refractivity contribution in [1.82, 2.24) is 0 Å². The Balaban J connectivity index is 4.91. The summed E-state index contributed by atoms with van der Waals surface area (Å²) < 4.78 is 0. The van der Waals surface area contributed by atoms with Gasteiger partial charge in [0.05, 0.1) is 5.97 Å². The molecule has 0 radical (unpaired) electrons. The van der Waals surface area contributed by atoms with E-state index in [2.05, 4.69) is 20.8 Å². The molecule has 0 heterocycles. The molecule has 0 saturated carbocycles. The van der Waals surface area contributed by atoms with Gasteiger partial charge in [0.1, 0.15) is 5.41 Å². The highest BCUT2D eigenvalue weighted by Gasteiger charge is 2.44. The summed E-state index contributed by atoms with van der Waals surface area (Å²) in [5.41, 5.74) is -1.92. The Kier molecular flexibility index (Phi) is 21.5. The van der Waals surface area contributed by atoms with Crippen LogP contribution < -0.4 is 5.11 Å². The predicted molar refractivity (Wildman–Crippen MR) is 141 cm³/mol. The van der Waals surface area contributed by atoms with Crippen LogP contribution in [0, 0.1) is 5.41 Å². The Morgan fingerprint density at radius 3 is 1.09 bits per heavy atom. The summed E-state index contributed by atoms with van der Waals surface area (Å²) >= 11 is 0. The molecule has 0 amide bonds. The summed E-state index contributed by atoms with van der Waals surface area (Å²) in [4.78, 5) is 38.8. The minimum Gasteiger partial charge on any atom is -0.549 e. The molecule has 200 valence electrons. The maximum Gasteiger partial charge on any atom is 0.152 e. The van der Waals surface area contributed by atoms with E-state index in [1.807, 2.05) is 0 Å². The number of ketones is 2. The number of carbonyl (C=O) groups excluding carboxylic acids is 3. The Morgan fingerprint density at radius 1 is 0.471 bits per heavy atom. The van der Waals surface area contributed by atoms with Gasteiger partial charge >= 0.3 is 0 Å². The topological polar surface area (TPSA) is 74.3 Å². The highest BCUT2D eigenvalue weighted by Crippen LogP contribution is 2.32. The van der Waals surface area contributed by atoms with Crippen LogP contribution in [0.4, 0.5) is 0 Å². The van der Waals surface area contributed by atoms with Gasteiger partial charge in [0.25, 0.3) is 0 Å². The van der Waals surface area contributed by atoms with Crippen molar-refractivity contribution in [2.45, 2.75) is 168 Å². The number of carboxylic acid groups (broad SMARTS) is 1. The molecule has 0 spiro atoms. The third-order valence-electron chi connectivity index (χ3n) is 7.22. The van der Waals surface area contributed by atoms with Crippen LogP contribution >= 0.6 is 0 Å². The number of hydrogen-bond donors (Lipinski definition) is 0. The highest BCUT2D eigenvalue weighted by atomic mass is 16.4. The number of aliphatic carboxylic acids is 1. The van der Waals surface area contributed by atoms with E-state index in [1.165, 1.54) is 44.9 Å². The van der Waals surface area contributed by atoms with E-state index in [4.69, 9.17) is 0 Å².